The minimum Gasteiger partial charge on any atom is -0.355 e. The van der Waals surface area contributed by atoms with Gasteiger partial charge in [0.25, 0.3) is 0 Å². The quantitative estimate of drug-likeness (QED) is 0.890. The molecule has 1 fully saturated rings. The summed E-state index contributed by atoms with van der Waals surface area (Å²) >= 11 is 3.57. The highest BCUT2D eigenvalue weighted by atomic mass is 79.9. The minimum absolute atomic E-state index is 0.0707. The number of rotatable bonds is 3. The van der Waals surface area contributed by atoms with E-state index in [0.29, 0.717) is 6.54 Å². The normalized spacial score (nSPS) is 22.2. The molecule has 0 bridgehead atoms. The van der Waals surface area contributed by atoms with E-state index in [1.54, 1.807) is 0 Å². The zero-order valence-electron chi connectivity index (χ0n) is 11.5. The zero-order chi connectivity index (χ0) is 14.0. The number of benzene rings is 1. The van der Waals surface area contributed by atoms with E-state index in [1.165, 1.54) is 0 Å². The van der Waals surface area contributed by atoms with Gasteiger partial charge in [-0.15, -0.1) is 0 Å². The molecule has 1 aromatic rings. The topological polar surface area (TPSA) is 44.4 Å². The van der Waals surface area contributed by atoms with Gasteiger partial charge in [-0.3, -0.25) is 4.79 Å². The molecule has 1 aromatic carbocycles. The molecule has 1 unspecified atom stereocenters. The third-order valence-corrected chi connectivity index (χ3v) is 3.94. The van der Waals surface area contributed by atoms with Gasteiger partial charge < -0.3 is 15.5 Å². The molecule has 2 N–H and O–H groups in total. The maximum Gasteiger partial charge on any atom is 0.244 e. The zero-order valence-corrected chi connectivity index (χ0v) is 13.1. The minimum atomic E-state index is -0.226. The van der Waals surface area contributed by atoms with Gasteiger partial charge in [0.2, 0.25) is 5.91 Å². The Hall–Kier alpha value is -1.07. The number of para-hydroxylation sites is 1. The lowest BCUT2D eigenvalue weighted by Gasteiger charge is -2.45. The van der Waals surface area contributed by atoms with Crippen LogP contribution in [-0.2, 0) is 4.79 Å². The lowest BCUT2D eigenvalue weighted by atomic mass is 9.97. The van der Waals surface area contributed by atoms with Gasteiger partial charge in [-0.1, -0.05) is 12.1 Å². The van der Waals surface area contributed by atoms with Gasteiger partial charge in [-0.25, -0.2) is 0 Å². The van der Waals surface area contributed by atoms with Crippen LogP contribution in [0.5, 0.6) is 0 Å². The Bertz CT molecular complexity index is 476. The number of hydrogen-bond acceptors (Lipinski definition) is 3. The number of anilines is 1. The standard InChI is InChI=1S/C14H20BrN3O/c1-14(2)9-18(11-7-5-4-6-10(11)15)12(8-16-3)13(19)17-14/h4-7,12,16H,8-9H2,1-3H3,(H,17,19). The van der Waals surface area contributed by atoms with Crippen LogP contribution in [0.2, 0.25) is 0 Å². The number of carbonyl (C=O) groups excluding carboxylic acids is 1. The second-order valence-electron chi connectivity index (χ2n) is 5.53. The third-order valence-electron chi connectivity index (χ3n) is 3.27. The molecule has 1 amide bonds. The van der Waals surface area contributed by atoms with Crippen molar-refractivity contribution < 1.29 is 4.79 Å². The van der Waals surface area contributed by atoms with Crippen LogP contribution in [0.25, 0.3) is 0 Å². The van der Waals surface area contributed by atoms with Crippen molar-refractivity contribution in [2.45, 2.75) is 25.4 Å². The molecule has 5 heteroatoms. The van der Waals surface area contributed by atoms with E-state index >= 15 is 0 Å². The third kappa shape index (κ3) is 3.09. The largest absolute Gasteiger partial charge is 0.355 e. The SMILES string of the molecule is CNCC1C(=O)NC(C)(C)CN1c1ccccc1Br. The van der Waals surface area contributed by atoms with Crippen LogP contribution >= 0.6 is 15.9 Å². The second-order valence-corrected chi connectivity index (χ2v) is 6.38. The molecule has 4 nitrogen and oxygen atoms in total. The first-order chi connectivity index (χ1) is 8.94. The molecular weight excluding hydrogens is 306 g/mol. The summed E-state index contributed by atoms with van der Waals surface area (Å²) in [6.45, 7) is 5.51. The molecule has 0 radical (unpaired) electrons. The maximum absolute atomic E-state index is 12.3. The van der Waals surface area contributed by atoms with Crippen molar-refractivity contribution in [3.05, 3.63) is 28.7 Å². The number of piperazine rings is 1. The average molecular weight is 326 g/mol. The van der Waals surface area contributed by atoms with E-state index < -0.39 is 0 Å². The van der Waals surface area contributed by atoms with Gasteiger partial charge in [0.15, 0.2) is 0 Å². The van der Waals surface area contributed by atoms with Crippen molar-refractivity contribution in [3.8, 4) is 0 Å². The first kappa shape index (κ1) is 14.3. The molecule has 1 aliphatic rings. The number of nitrogens with one attached hydrogen (secondary N) is 2. The van der Waals surface area contributed by atoms with E-state index in [4.69, 9.17) is 0 Å². The maximum atomic E-state index is 12.3. The van der Waals surface area contributed by atoms with E-state index in [-0.39, 0.29) is 17.5 Å². The number of likely N-dealkylation sites (N-methyl/N-ethyl adjacent to an activating group) is 1. The van der Waals surface area contributed by atoms with Crippen LogP contribution in [0.3, 0.4) is 0 Å². The summed E-state index contributed by atoms with van der Waals surface area (Å²) in [6, 6.07) is 7.84. The summed E-state index contributed by atoms with van der Waals surface area (Å²) in [5.41, 5.74) is 0.835. The Balaban J connectivity index is 2.37. The number of nitrogens with zero attached hydrogens (tertiary/aromatic N) is 1. The average Bonchev–Trinajstić information content (AvgIpc) is 2.32. The van der Waals surface area contributed by atoms with Crippen molar-refractivity contribution in [3.63, 3.8) is 0 Å². The molecule has 2 rings (SSSR count). The predicted molar refractivity (Wildman–Crippen MR) is 81.4 cm³/mol. The number of hydrogen-bond donors (Lipinski definition) is 2. The lowest BCUT2D eigenvalue weighted by molar-refractivity contribution is -0.125. The van der Waals surface area contributed by atoms with Gasteiger partial charge in [0, 0.05) is 17.6 Å². The van der Waals surface area contributed by atoms with Crippen molar-refractivity contribution in [2.75, 3.05) is 25.0 Å². The number of halogens is 1. The van der Waals surface area contributed by atoms with Crippen LogP contribution in [-0.4, -0.2) is 37.6 Å². The van der Waals surface area contributed by atoms with E-state index in [2.05, 4.69) is 31.5 Å². The predicted octanol–water partition coefficient (Wildman–Crippen LogP) is 1.75. The highest BCUT2D eigenvalue weighted by molar-refractivity contribution is 9.10. The summed E-state index contributed by atoms with van der Waals surface area (Å²) in [5, 5.41) is 6.17. The van der Waals surface area contributed by atoms with Gasteiger partial charge in [-0.2, -0.15) is 0 Å². The highest BCUT2D eigenvalue weighted by Crippen LogP contribution is 2.30. The molecule has 0 saturated carbocycles. The fourth-order valence-corrected chi connectivity index (χ4v) is 2.98. The number of carbonyl (C=O) groups is 1. The second kappa shape index (κ2) is 5.51. The summed E-state index contributed by atoms with van der Waals surface area (Å²) in [5.74, 6) is 0.0707. The molecule has 19 heavy (non-hydrogen) atoms. The van der Waals surface area contributed by atoms with Crippen LogP contribution in [0.1, 0.15) is 13.8 Å². The monoisotopic (exact) mass is 325 g/mol. The molecule has 1 heterocycles. The first-order valence-corrected chi connectivity index (χ1v) is 7.22. The molecule has 104 valence electrons. The molecule has 1 saturated heterocycles. The summed E-state index contributed by atoms with van der Waals surface area (Å²) in [7, 11) is 1.87. The Morgan fingerprint density at radius 3 is 2.79 bits per heavy atom. The highest BCUT2D eigenvalue weighted by Gasteiger charge is 2.38. The fourth-order valence-electron chi connectivity index (χ4n) is 2.47. The number of amides is 1. The van der Waals surface area contributed by atoms with Gasteiger partial charge >= 0.3 is 0 Å². The summed E-state index contributed by atoms with van der Waals surface area (Å²) in [4.78, 5) is 14.5. The molecule has 0 aliphatic carbocycles. The molecule has 0 spiro atoms. The van der Waals surface area contributed by atoms with Crippen LogP contribution < -0.4 is 15.5 Å². The van der Waals surface area contributed by atoms with Crippen LogP contribution in [0.4, 0.5) is 5.69 Å². The Kier molecular flexibility index (Phi) is 4.16. The van der Waals surface area contributed by atoms with E-state index in [0.717, 1.165) is 16.7 Å². The van der Waals surface area contributed by atoms with Crippen LogP contribution in [0, 0.1) is 0 Å². The Labute approximate surface area is 122 Å². The summed E-state index contributed by atoms with van der Waals surface area (Å²) < 4.78 is 1.02. The van der Waals surface area contributed by atoms with Crippen molar-refractivity contribution in [1.29, 1.82) is 0 Å². The Morgan fingerprint density at radius 2 is 2.16 bits per heavy atom. The van der Waals surface area contributed by atoms with Gasteiger partial charge in [0.1, 0.15) is 6.04 Å². The molecule has 1 aliphatic heterocycles. The van der Waals surface area contributed by atoms with Crippen molar-refractivity contribution >= 4 is 27.5 Å². The first-order valence-electron chi connectivity index (χ1n) is 6.42. The van der Waals surface area contributed by atoms with Gasteiger partial charge in [-0.05, 0) is 49.0 Å². The summed E-state index contributed by atoms with van der Waals surface area (Å²) in [6.07, 6.45) is 0. The fraction of sp³-hybridized carbons (Fsp3) is 0.500. The van der Waals surface area contributed by atoms with E-state index in [9.17, 15) is 4.79 Å². The van der Waals surface area contributed by atoms with Gasteiger partial charge in [0.05, 0.1) is 11.2 Å². The molecular formula is C14H20BrN3O. The lowest BCUT2D eigenvalue weighted by Crippen LogP contribution is -2.67. The molecule has 0 aromatic heterocycles. The Morgan fingerprint density at radius 1 is 1.47 bits per heavy atom. The van der Waals surface area contributed by atoms with Crippen LogP contribution in [0.15, 0.2) is 28.7 Å². The van der Waals surface area contributed by atoms with Crippen molar-refractivity contribution in [1.82, 2.24) is 10.6 Å². The smallest absolute Gasteiger partial charge is 0.244 e. The van der Waals surface area contributed by atoms with E-state index in [1.807, 2.05) is 45.2 Å². The molecule has 1 atom stereocenters. The van der Waals surface area contributed by atoms with Crippen molar-refractivity contribution in [2.24, 2.45) is 0 Å².